The van der Waals surface area contributed by atoms with Crippen molar-refractivity contribution >= 4 is 29.2 Å². The number of carbonyl (C=O) groups excluding carboxylic acids is 1. The molecule has 124 valence electrons. The van der Waals surface area contributed by atoms with E-state index in [1.807, 2.05) is 11.0 Å². The average molecular weight is 338 g/mol. The molecule has 0 unspecified atom stereocenters. The van der Waals surface area contributed by atoms with E-state index in [1.54, 1.807) is 18.2 Å². The Hall–Kier alpha value is -1.99. The molecule has 1 saturated heterocycles. The molecule has 23 heavy (non-hydrogen) atoms. The first-order valence-electron chi connectivity index (χ1n) is 7.51. The minimum atomic E-state index is -0.209. The number of nitrogens with zero attached hydrogens (tertiary/aromatic N) is 4. The second kappa shape index (κ2) is 7.52. The van der Waals surface area contributed by atoms with E-state index < -0.39 is 0 Å². The van der Waals surface area contributed by atoms with E-state index in [2.05, 4.69) is 10.3 Å². The highest BCUT2D eigenvalue weighted by Crippen LogP contribution is 2.10. The largest absolute Gasteiger partial charge is 0.343 e. The lowest BCUT2D eigenvalue weighted by molar-refractivity contribution is -0.132. The molecule has 2 aromatic rings. The van der Waals surface area contributed by atoms with Gasteiger partial charge in [-0.25, -0.2) is 4.68 Å². The molecule has 1 aliphatic heterocycles. The minimum Gasteiger partial charge on any atom is -0.343 e. The molecular weight excluding hydrogens is 318 g/mol. The number of hydrogen-bond acceptors (Lipinski definition) is 5. The van der Waals surface area contributed by atoms with Gasteiger partial charge < -0.3 is 10.6 Å². The minimum absolute atomic E-state index is 0. The lowest BCUT2D eigenvalue weighted by Crippen LogP contribution is -2.43. The standard InChI is InChI=1S/C15H19N5O2.ClH/c16-11-5-8-19(9-6-11)14(21)7-10-20-15(22)12-3-1-2-4-13(12)17-18-20;/h1-4,11H,5-10,16H2;1H. The molecule has 2 N–H and O–H groups in total. The monoisotopic (exact) mass is 337 g/mol. The van der Waals surface area contributed by atoms with Crippen LogP contribution in [0, 0.1) is 0 Å². The number of likely N-dealkylation sites (tertiary alicyclic amines) is 1. The fraction of sp³-hybridized carbons (Fsp3) is 0.467. The zero-order valence-corrected chi connectivity index (χ0v) is 13.5. The second-order valence-corrected chi connectivity index (χ2v) is 5.60. The molecule has 0 saturated carbocycles. The molecule has 8 heteroatoms. The van der Waals surface area contributed by atoms with Crippen LogP contribution in [-0.2, 0) is 11.3 Å². The number of amides is 1. The van der Waals surface area contributed by atoms with Gasteiger partial charge in [-0.2, -0.15) is 0 Å². The van der Waals surface area contributed by atoms with Crippen LogP contribution < -0.4 is 11.3 Å². The van der Waals surface area contributed by atoms with E-state index in [1.165, 1.54) is 4.68 Å². The summed E-state index contributed by atoms with van der Waals surface area (Å²) in [6, 6.07) is 7.26. The molecule has 1 aliphatic rings. The Morgan fingerprint density at radius 2 is 1.96 bits per heavy atom. The number of benzene rings is 1. The van der Waals surface area contributed by atoms with Crippen LogP contribution in [0.2, 0.25) is 0 Å². The van der Waals surface area contributed by atoms with Gasteiger partial charge in [-0.05, 0) is 25.0 Å². The molecule has 0 atom stereocenters. The molecule has 7 nitrogen and oxygen atoms in total. The third kappa shape index (κ3) is 3.86. The van der Waals surface area contributed by atoms with Crippen LogP contribution in [0.1, 0.15) is 19.3 Å². The lowest BCUT2D eigenvalue weighted by atomic mass is 10.1. The number of aromatic nitrogens is 3. The van der Waals surface area contributed by atoms with Crippen LogP contribution in [0.5, 0.6) is 0 Å². The highest BCUT2D eigenvalue weighted by molar-refractivity contribution is 5.85. The highest BCUT2D eigenvalue weighted by atomic mass is 35.5. The van der Waals surface area contributed by atoms with Gasteiger partial charge in [-0.1, -0.05) is 17.3 Å². The molecule has 0 spiro atoms. The van der Waals surface area contributed by atoms with E-state index in [4.69, 9.17) is 5.73 Å². The maximum absolute atomic E-state index is 12.3. The second-order valence-electron chi connectivity index (χ2n) is 5.60. The Morgan fingerprint density at radius 1 is 1.26 bits per heavy atom. The van der Waals surface area contributed by atoms with E-state index in [9.17, 15) is 9.59 Å². The summed E-state index contributed by atoms with van der Waals surface area (Å²) in [5.41, 5.74) is 6.19. The summed E-state index contributed by atoms with van der Waals surface area (Å²) < 4.78 is 1.26. The first-order valence-corrected chi connectivity index (χ1v) is 7.51. The third-order valence-electron chi connectivity index (χ3n) is 4.06. The predicted octanol–water partition coefficient (Wildman–Crippen LogP) is 0.553. The molecule has 0 bridgehead atoms. The molecule has 1 aromatic carbocycles. The van der Waals surface area contributed by atoms with Crippen molar-refractivity contribution in [2.75, 3.05) is 13.1 Å². The van der Waals surface area contributed by atoms with Crippen molar-refractivity contribution in [2.45, 2.75) is 31.8 Å². The summed E-state index contributed by atoms with van der Waals surface area (Å²) in [7, 11) is 0. The number of aryl methyl sites for hydroxylation is 1. The SMILES string of the molecule is Cl.NC1CCN(C(=O)CCn2nnc3ccccc3c2=O)CC1. The lowest BCUT2D eigenvalue weighted by Gasteiger charge is -2.30. The van der Waals surface area contributed by atoms with E-state index in [0.29, 0.717) is 24.0 Å². The van der Waals surface area contributed by atoms with Crippen molar-refractivity contribution in [3.05, 3.63) is 34.6 Å². The summed E-state index contributed by atoms with van der Waals surface area (Å²) in [6.07, 6.45) is 1.92. The maximum atomic E-state index is 12.3. The van der Waals surface area contributed by atoms with Gasteiger partial charge in [0.2, 0.25) is 5.91 Å². The van der Waals surface area contributed by atoms with Crippen molar-refractivity contribution in [3.8, 4) is 0 Å². The van der Waals surface area contributed by atoms with Crippen molar-refractivity contribution in [1.82, 2.24) is 19.9 Å². The Bertz CT molecular complexity index is 740. The van der Waals surface area contributed by atoms with Crippen molar-refractivity contribution < 1.29 is 4.79 Å². The quantitative estimate of drug-likeness (QED) is 0.882. The first-order chi connectivity index (χ1) is 10.6. The van der Waals surface area contributed by atoms with Gasteiger partial charge in [0.15, 0.2) is 0 Å². The molecule has 3 rings (SSSR count). The van der Waals surface area contributed by atoms with E-state index >= 15 is 0 Å². The summed E-state index contributed by atoms with van der Waals surface area (Å²) in [5, 5.41) is 8.44. The fourth-order valence-electron chi connectivity index (χ4n) is 2.68. The van der Waals surface area contributed by atoms with Crippen LogP contribution in [0.15, 0.2) is 29.1 Å². The Labute approximate surface area is 139 Å². The van der Waals surface area contributed by atoms with E-state index in [-0.39, 0.29) is 42.9 Å². The maximum Gasteiger partial charge on any atom is 0.277 e. The number of fused-ring (bicyclic) bond motifs is 1. The van der Waals surface area contributed by atoms with Gasteiger partial charge >= 0.3 is 0 Å². The van der Waals surface area contributed by atoms with Gasteiger partial charge in [-0.15, -0.1) is 17.5 Å². The van der Waals surface area contributed by atoms with Crippen molar-refractivity contribution in [1.29, 1.82) is 0 Å². The zero-order valence-electron chi connectivity index (χ0n) is 12.7. The molecule has 1 fully saturated rings. The molecular formula is C15H20ClN5O2. The van der Waals surface area contributed by atoms with E-state index in [0.717, 1.165) is 12.8 Å². The topological polar surface area (TPSA) is 94.1 Å². The third-order valence-corrected chi connectivity index (χ3v) is 4.06. The average Bonchev–Trinajstić information content (AvgIpc) is 2.55. The summed E-state index contributed by atoms with van der Waals surface area (Å²) in [4.78, 5) is 26.3. The number of halogens is 1. The molecule has 1 amide bonds. The van der Waals surface area contributed by atoms with Crippen molar-refractivity contribution in [3.63, 3.8) is 0 Å². The Balaban J connectivity index is 0.00000192. The normalized spacial score (nSPS) is 15.4. The zero-order chi connectivity index (χ0) is 15.5. The molecule has 1 aromatic heterocycles. The number of carbonyl (C=O) groups is 1. The predicted molar refractivity (Wildman–Crippen MR) is 89.5 cm³/mol. The van der Waals surface area contributed by atoms with Crippen LogP contribution >= 0.6 is 12.4 Å². The van der Waals surface area contributed by atoms with Crippen LogP contribution in [0.3, 0.4) is 0 Å². The summed E-state index contributed by atoms with van der Waals surface area (Å²) in [5.74, 6) is 0.0359. The first kappa shape index (κ1) is 17.4. The van der Waals surface area contributed by atoms with Gasteiger partial charge in [0, 0.05) is 25.6 Å². The smallest absolute Gasteiger partial charge is 0.277 e. The van der Waals surface area contributed by atoms with Gasteiger partial charge in [0.05, 0.1) is 11.9 Å². The van der Waals surface area contributed by atoms with Gasteiger partial charge in [0.25, 0.3) is 5.56 Å². The molecule has 2 heterocycles. The number of nitrogens with two attached hydrogens (primary N) is 1. The van der Waals surface area contributed by atoms with Crippen LogP contribution in [0.25, 0.3) is 10.9 Å². The molecule has 0 radical (unpaired) electrons. The van der Waals surface area contributed by atoms with Crippen molar-refractivity contribution in [2.24, 2.45) is 5.73 Å². The number of piperidine rings is 1. The van der Waals surface area contributed by atoms with Crippen LogP contribution in [0.4, 0.5) is 0 Å². The fourth-order valence-corrected chi connectivity index (χ4v) is 2.68. The summed E-state index contributed by atoms with van der Waals surface area (Å²) in [6.45, 7) is 1.63. The summed E-state index contributed by atoms with van der Waals surface area (Å²) >= 11 is 0. The Kier molecular flexibility index (Phi) is 5.68. The highest BCUT2D eigenvalue weighted by Gasteiger charge is 2.20. The van der Waals surface area contributed by atoms with Gasteiger partial charge in [-0.3, -0.25) is 9.59 Å². The molecule has 0 aliphatic carbocycles. The Morgan fingerprint density at radius 3 is 2.70 bits per heavy atom. The number of rotatable bonds is 3. The van der Waals surface area contributed by atoms with Crippen LogP contribution in [-0.4, -0.2) is 44.9 Å². The number of hydrogen-bond donors (Lipinski definition) is 1. The van der Waals surface area contributed by atoms with Gasteiger partial charge in [0.1, 0.15) is 5.52 Å².